The van der Waals surface area contributed by atoms with E-state index in [0.29, 0.717) is 43.1 Å². The van der Waals surface area contributed by atoms with Crippen molar-refractivity contribution in [2.24, 2.45) is 11.3 Å². The first kappa shape index (κ1) is 21.3. The van der Waals surface area contributed by atoms with Gasteiger partial charge in [-0.15, -0.1) is 0 Å². The predicted molar refractivity (Wildman–Crippen MR) is 119 cm³/mol. The van der Waals surface area contributed by atoms with Crippen LogP contribution in [0.4, 0.5) is 0 Å². The van der Waals surface area contributed by atoms with Gasteiger partial charge in [0, 0.05) is 30.8 Å². The molecule has 0 bridgehead atoms. The van der Waals surface area contributed by atoms with Crippen molar-refractivity contribution in [3.8, 4) is 5.75 Å². The number of H-pyrrole nitrogens is 1. The fourth-order valence-electron chi connectivity index (χ4n) is 4.79. The molecule has 1 fully saturated rings. The maximum Gasteiger partial charge on any atom is 0.261 e. The average Bonchev–Trinajstić information content (AvgIpc) is 2.73. The Bertz CT molecular complexity index is 1040. The number of hydrogen-bond donors (Lipinski definition) is 1. The van der Waals surface area contributed by atoms with Gasteiger partial charge in [-0.05, 0) is 60.8 Å². The van der Waals surface area contributed by atoms with Crippen LogP contribution in [0.5, 0.6) is 5.75 Å². The van der Waals surface area contributed by atoms with Crippen LogP contribution in [0.1, 0.15) is 65.1 Å². The van der Waals surface area contributed by atoms with Crippen molar-refractivity contribution in [2.75, 3.05) is 20.2 Å². The van der Waals surface area contributed by atoms with E-state index in [1.807, 2.05) is 26.0 Å². The molecule has 1 N–H and O–H groups in total. The summed E-state index contributed by atoms with van der Waals surface area (Å²) in [6.45, 7) is 5.27. The van der Waals surface area contributed by atoms with E-state index in [-0.39, 0.29) is 22.7 Å². The Kier molecular flexibility index (Phi) is 5.73. The second kappa shape index (κ2) is 8.33. The number of nitrogens with zero attached hydrogens (tertiary/aromatic N) is 1. The van der Waals surface area contributed by atoms with Gasteiger partial charge in [-0.2, -0.15) is 0 Å². The quantitative estimate of drug-likeness (QED) is 0.816. The van der Waals surface area contributed by atoms with Crippen LogP contribution in [0.25, 0.3) is 0 Å². The molecule has 0 radical (unpaired) electrons. The van der Waals surface area contributed by atoms with Gasteiger partial charge >= 0.3 is 0 Å². The van der Waals surface area contributed by atoms with Crippen molar-refractivity contribution < 1.29 is 14.3 Å². The molecular formula is C25H30N2O4. The van der Waals surface area contributed by atoms with E-state index in [2.05, 4.69) is 17.1 Å². The SMILES string of the molecule is COc1ccc(CC2CCN(C(=O)c3cc4c([nH]c3=O)CC(C)(C)CC4=O)CC2)cc1. The van der Waals surface area contributed by atoms with Crippen LogP contribution in [0.3, 0.4) is 0 Å². The number of aromatic nitrogens is 1. The van der Waals surface area contributed by atoms with Gasteiger partial charge in [-0.1, -0.05) is 26.0 Å². The number of rotatable bonds is 4. The summed E-state index contributed by atoms with van der Waals surface area (Å²) in [4.78, 5) is 42.8. The van der Waals surface area contributed by atoms with E-state index < -0.39 is 5.56 Å². The van der Waals surface area contributed by atoms with E-state index in [0.717, 1.165) is 25.0 Å². The zero-order valence-corrected chi connectivity index (χ0v) is 18.5. The van der Waals surface area contributed by atoms with E-state index in [1.54, 1.807) is 12.0 Å². The first-order valence-corrected chi connectivity index (χ1v) is 11.0. The lowest BCUT2D eigenvalue weighted by Gasteiger charge is -2.33. The Balaban J connectivity index is 1.42. The normalized spacial score (nSPS) is 18.5. The van der Waals surface area contributed by atoms with Crippen LogP contribution >= 0.6 is 0 Å². The van der Waals surface area contributed by atoms with Gasteiger partial charge in [0.2, 0.25) is 0 Å². The zero-order chi connectivity index (χ0) is 22.2. The van der Waals surface area contributed by atoms with Crippen LogP contribution in [0, 0.1) is 11.3 Å². The number of piperidine rings is 1. The minimum absolute atomic E-state index is 0.00486. The monoisotopic (exact) mass is 422 g/mol. The molecule has 1 amide bonds. The number of ether oxygens (including phenoxy) is 1. The molecule has 6 heteroatoms. The molecule has 1 saturated heterocycles. The Morgan fingerprint density at radius 1 is 1.13 bits per heavy atom. The van der Waals surface area contributed by atoms with Crippen LogP contribution in [-0.2, 0) is 12.8 Å². The molecule has 1 aromatic heterocycles. The maximum atomic E-state index is 13.1. The van der Waals surface area contributed by atoms with Gasteiger partial charge < -0.3 is 14.6 Å². The summed E-state index contributed by atoms with van der Waals surface area (Å²) < 4.78 is 5.21. The minimum atomic E-state index is -0.394. The van der Waals surface area contributed by atoms with Crippen LogP contribution < -0.4 is 10.3 Å². The van der Waals surface area contributed by atoms with Crippen molar-refractivity contribution in [3.05, 3.63) is 63.1 Å². The number of aromatic amines is 1. The summed E-state index contributed by atoms with van der Waals surface area (Å²) in [5.41, 5.74) is 1.93. The summed E-state index contributed by atoms with van der Waals surface area (Å²) in [5.74, 6) is 1.07. The number of Topliss-reactive ketones (excluding diaryl/α,β-unsaturated/α-hetero) is 1. The highest BCUT2D eigenvalue weighted by Crippen LogP contribution is 2.33. The molecule has 0 spiro atoms. The molecule has 31 heavy (non-hydrogen) atoms. The number of hydrogen-bond acceptors (Lipinski definition) is 4. The number of fused-ring (bicyclic) bond motifs is 1. The molecule has 1 aromatic carbocycles. The molecule has 2 aromatic rings. The highest BCUT2D eigenvalue weighted by Gasteiger charge is 2.33. The number of nitrogens with one attached hydrogen (secondary N) is 1. The first-order valence-electron chi connectivity index (χ1n) is 11.0. The standard InChI is InChI=1S/C25H30N2O4/c1-25(2)14-21-19(22(28)15-25)13-20(23(29)26-21)24(30)27-10-8-17(9-11-27)12-16-4-6-18(31-3)7-5-16/h4-7,13,17H,8-12,14-15H2,1-3H3,(H,26,29). The third kappa shape index (κ3) is 4.58. The number of amides is 1. The van der Waals surface area contributed by atoms with Crippen molar-refractivity contribution in [1.82, 2.24) is 9.88 Å². The number of methoxy groups -OCH3 is 1. The summed E-state index contributed by atoms with van der Waals surface area (Å²) in [5, 5.41) is 0. The lowest BCUT2D eigenvalue weighted by atomic mass is 9.75. The molecule has 4 rings (SSSR count). The number of likely N-dealkylation sites (tertiary alicyclic amines) is 1. The van der Waals surface area contributed by atoms with E-state index in [1.165, 1.54) is 11.6 Å². The number of pyridine rings is 1. The maximum absolute atomic E-state index is 13.1. The molecule has 2 heterocycles. The highest BCUT2D eigenvalue weighted by atomic mass is 16.5. The van der Waals surface area contributed by atoms with Gasteiger partial charge in [0.05, 0.1) is 7.11 Å². The molecule has 0 saturated carbocycles. The minimum Gasteiger partial charge on any atom is -0.497 e. The molecule has 0 atom stereocenters. The van der Waals surface area contributed by atoms with Gasteiger partial charge in [-0.3, -0.25) is 14.4 Å². The largest absolute Gasteiger partial charge is 0.497 e. The fourth-order valence-corrected chi connectivity index (χ4v) is 4.79. The zero-order valence-electron chi connectivity index (χ0n) is 18.5. The predicted octanol–water partition coefficient (Wildman–Crippen LogP) is 3.63. The second-order valence-corrected chi connectivity index (χ2v) is 9.63. The summed E-state index contributed by atoms with van der Waals surface area (Å²) >= 11 is 0. The molecule has 6 nitrogen and oxygen atoms in total. The third-order valence-corrected chi connectivity index (χ3v) is 6.53. The fraction of sp³-hybridized carbons (Fsp3) is 0.480. The van der Waals surface area contributed by atoms with Gasteiger partial charge in [0.25, 0.3) is 11.5 Å². The average molecular weight is 423 g/mol. The van der Waals surface area contributed by atoms with Gasteiger partial charge in [0.15, 0.2) is 5.78 Å². The third-order valence-electron chi connectivity index (χ3n) is 6.53. The van der Waals surface area contributed by atoms with Crippen molar-refractivity contribution in [1.29, 1.82) is 0 Å². The molecule has 0 unspecified atom stereocenters. The first-order chi connectivity index (χ1) is 14.8. The molecular weight excluding hydrogens is 392 g/mol. The van der Waals surface area contributed by atoms with E-state index in [4.69, 9.17) is 4.74 Å². The second-order valence-electron chi connectivity index (χ2n) is 9.63. The van der Waals surface area contributed by atoms with Crippen LogP contribution in [0.2, 0.25) is 0 Å². The Labute approximate surface area is 182 Å². The summed E-state index contributed by atoms with van der Waals surface area (Å²) in [6.07, 6.45) is 3.82. The summed E-state index contributed by atoms with van der Waals surface area (Å²) in [6, 6.07) is 9.64. The molecule has 2 aliphatic rings. The van der Waals surface area contributed by atoms with Crippen molar-refractivity contribution >= 4 is 11.7 Å². The van der Waals surface area contributed by atoms with Gasteiger partial charge in [-0.25, -0.2) is 0 Å². The van der Waals surface area contributed by atoms with Crippen LogP contribution in [-0.4, -0.2) is 41.8 Å². The Hall–Kier alpha value is -2.89. The smallest absolute Gasteiger partial charge is 0.261 e. The topological polar surface area (TPSA) is 79.5 Å². The van der Waals surface area contributed by atoms with E-state index in [9.17, 15) is 14.4 Å². The summed E-state index contributed by atoms with van der Waals surface area (Å²) in [7, 11) is 1.66. The Morgan fingerprint density at radius 3 is 2.45 bits per heavy atom. The number of carbonyl (C=O) groups excluding carboxylic acids is 2. The number of benzene rings is 1. The van der Waals surface area contributed by atoms with Crippen molar-refractivity contribution in [3.63, 3.8) is 0 Å². The Morgan fingerprint density at radius 2 is 1.81 bits per heavy atom. The lowest BCUT2D eigenvalue weighted by Crippen LogP contribution is -2.41. The number of ketones is 1. The molecule has 164 valence electrons. The molecule has 1 aliphatic carbocycles. The highest BCUT2D eigenvalue weighted by molar-refractivity contribution is 6.02. The van der Waals surface area contributed by atoms with Crippen LogP contribution in [0.15, 0.2) is 35.1 Å². The van der Waals surface area contributed by atoms with Gasteiger partial charge in [0.1, 0.15) is 11.3 Å². The lowest BCUT2D eigenvalue weighted by molar-refractivity contribution is 0.0688. The molecule has 1 aliphatic heterocycles. The van der Waals surface area contributed by atoms with Crippen molar-refractivity contribution in [2.45, 2.75) is 46.0 Å². The number of carbonyl (C=O) groups is 2. The van der Waals surface area contributed by atoms with E-state index >= 15 is 0 Å².